The first-order valence-corrected chi connectivity index (χ1v) is 11.9. The maximum absolute atomic E-state index is 14.2. The Morgan fingerprint density at radius 1 is 1.03 bits per heavy atom. The fourth-order valence-electron chi connectivity index (χ4n) is 3.89. The Balaban J connectivity index is 0.000000505. The SMILES string of the molecule is O=C(O)C(F)(F)F.O=C(O)c1ccc(NC(=NCC2CCCO2)N2CCN(c3ccccc3F)CC2)cc1. The lowest BCUT2D eigenvalue weighted by atomic mass is 10.2. The molecule has 0 spiro atoms. The smallest absolute Gasteiger partial charge is 0.478 e. The molecular formula is C25H28F4N4O5. The van der Waals surface area contributed by atoms with Crippen LogP contribution in [0.2, 0.25) is 0 Å². The average molecular weight is 541 g/mol. The fraction of sp³-hybridized carbons (Fsp3) is 0.400. The number of nitrogens with one attached hydrogen (secondary N) is 1. The molecule has 3 N–H and O–H groups in total. The van der Waals surface area contributed by atoms with Gasteiger partial charge in [-0.25, -0.2) is 14.0 Å². The first-order valence-electron chi connectivity index (χ1n) is 11.9. The first-order chi connectivity index (χ1) is 18.0. The summed E-state index contributed by atoms with van der Waals surface area (Å²) >= 11 is 0. The molecule has 13 heteroatoms. The van der Waals surface area contributed by atoms with Crippen molar-refractivity contribution in [2.24, 2.45) is 4.99 Å². The van der Waals surface area contributed by atoms with Crippen molar-refractivity contribution in [3.05, 3.63) is 59.9 Å². The second-order valence-electron chi connectivity index (χ2n) is 8.54. The van der Waals surface area contributed by atoms with Crippen molar-refractivity contribution >= 4 is 29.3 Å². The van der Waals surface area contributed by atoms with Crippen molar-refractivity contribution in [2.75, 3.05) is 49.5 Å². The van der Waals surface area contributed by atoms with Crippen LogP contribution < -0.4 is 10.2 Å². The van der Waals surface area contributed by atoms with Gasteiger partial charge in [-0.2, -0.15) is 13.2 Å². The van der Waals surface area contributed by atoms with Crippen LogP contribution in [0.4, 0.5) is 28.9 Å². The van der Waals surface area contributed by atoms with Crippen molar-refractivity contribution < 1.29 is 42.1 Å². The molecule has 2 heterocycles. The molecule has 2 fully saturated rings. The molecule has 1 unspecified atom stereocenters. The number of aromatic carboxylic acids is 1. The van der Waals surface area contributed by atoms with Gasteiger partial charge in [0.2, 0.25) is 0 Å². The molecule has 0 radical (unpaired) electrons. The first kappa shape index (κ1) is 28.7. The second kappa shape index (κ2) is 13.1. The lowest BCUT2D eigenvalue weighted by molar-refractivity contribution is -0.192. The molecule has 2 aliphatic rings. The molecule has 2 aromatic rings. The molecule has 0 aromatic heterocycles. The van der Waals surface area contributed by atoms with E-state index in [4.69, 9.17) is 24.7 Å². The van der Waals surface area contributed by atoms with Gasteiger partial charge in [-0.15, -0.1) is 0 Å². The summed E-state index contributed by atoms with van der Waals surface area (Å²) in [7, 11) is 0. The second-order valence-corrected chi connectivity index (χ2v) is 8.54. The van der Waals surface area contributed by atoms with Gasteiger partial charge in [0.15, 0.2) is 5.96 Å². The zero-order chi connectivity index (χ0) is 27.7. The molecule has 0 bridgehead atoms. The Morgan fingerprint density at radius 2 is 1.66 bits per heavy atom. The number of aliphatic carboxylic acids is 1. The van der Waals surface area contributed by atoms with Gasteiger partial charge in [0, 0.05) is 38.5 Å². The van der Waals surface area contributed by atoms with Crippen LogP contribution in [0, 0.1) is 5.82 Å². The normalized spacial score (nSPS) is 18.0. The average Bonchev–Trinajstić information content (AvgIpc) is 3.41. The van der Waals surface area contributed by atoms with Gasteiger partial charge in [-0.05, 0) is 49.2 Å². The third-order valence-electron chi connectivity index (χ3n) is 5.87. The van der Waals surface area contributed by atoms with E-state index in [1.54, 1.807) is 36.4 Å². The monoisotopic (exact) mass is 540 g/mol. The van der Waals surface area contributed by atoms with Crippen LogP contribution in [-0.2, 0) is 9.53 Å². The molecule has 2 saturated heterocycles. The van der Waals surface area contributed by atoms with E-state index >= 15 is 0 Å². The highest BCUT2D eigenvalue weighted by Crippen LogP contribution is 2.21. The minimum absolute atomic E-state index is 0.130. The quantitative estimate of drug-likeness (QED) is 0.297. The van der Waals surface area contributed by atoms with E-state index in [-0.39, 0.29) is 17.5 Å². The molecule has 206 valence electrons. The summed E-state index contributed by atoms with van der Waals surface area (Å²) in [5, 5.41) is 19.6. The fourth-order valence-corrected chi connectivity index (χ4v) is 3.89. The number of benzene rings is 2. The number of piperazine rings is 1. The molecule has 0 saturated carbocycles. The Morgan fingerprint density at radius 3 is 2.18 bits per heavy atom. The number of halogens is 4. The third kappa shape index (κ3) is 8.33. The van der Waals surface area contributed by atoms with Crippen LogP contribution in [0.3, 0.4) is 0 Å². The van der Waals surface area contributed by atoms with E-state index in [2.05, 4.69) is 10.2 Å². The number of rotatable bonds is 5. The number of para-hydroxylation sites is 1. The van der Waals surface area contributed by atoms with Crippen LogP contribution in [0.25, 0.3) is 0 Å². The zero-order valence-electron chi connectivity index (χ0n) is 20.3. The van der Waals surface area contributed by atoms with Crippen LogP contribution in [0.15, 0.2) is 53.5 Å². The van der Waals surface area contributed by atoms with E-state index in [0.717, 1.165) is 31.1 Å². The molecule has 0 aliphatic carbocycles. The number of anilines is 2. The summed E-state index contributed by atoms with van der Waals surface area (Å²) in [5.41, 5.74) is 1.63. The van der Waals surface area contributed by atoms with Crippen LogP contribution >= 0.6 is 0 Å². The van der Waals surface area contributed by atoms with E-state index < -0.39 is 18.1 Å². The number of nitrogens with zero attached hydrogens (tertiary/aromatic N) is 3. The molecule has 2 aromatic carbocycles. The summed E-state index contributed by atoms with van der Waals surface area (Å²) in [4.78, 5) is 29.0. The van der Waals surface area contributed by atoms with Crippen molar-refractivity contribution in [1.82, 2.24) is 4.90 Å². The minimum atomic E-state index is -5.08. The Labute approximate surface area is 216 Å². The lowest BCUT2D eigenvalue weighted by Gasteiger charge is -2.38. The van der Waals surface area contributed by atoms with Crippen LogP contribution in [0.5, 0.6) is 0 Å². The van der Waals surface area contributed by atoms with Gasteiger partial charge in [-0.3, -0.25) is 4.99 Å². The van der Waals surface area contributed by atoms with E-state index in [1.165, 1.54) is 6.07 Å². The van der Waals surface area contributed by atoms with Gasteiger partial charge >= 0.3 is 18.1 Å². The molecule has 4 rings (SSSR count). The summed E-state index contributed by atoms with van der Waals surface area (Å²) in [6.07, 6.45) is -2.89. The van der Waals surface area contributed by atoms with Crippen LogP contribution in [0.1, 0.15) is 23.2 Å². The van der Waals surface area contributed by atoms with Crippen molar-refractivity contribution in [1.29, 1.82) is 0 Å². The Bertz CT molecular complexity index is 1110. The van der Waals surface area contributed by atoms with E-state index in [1.807, 2.05) is 11.0 Å². The Hall–Kier alpha value is -3.87. The number of guanidine groups is 1. The molecular weight excluding hydrogens is 512 g/mol. The predicted molar refractivity (Wildman–Crippen MR) is 132 cm³/mol. The number of hydrogen-bond donors (Lipinski definition) is 3. The third-order valence-corrected chi connectivity index (χ3v) is 5.87. The molecule has 38 heavy (non-hydrogen) atoms. The molecule has 2 aliphatic heterocycles. The zero-order valence-corrected chi connectivity index (χ0v) is 20.3. The summed E-state index contributed by atoms with van der Waals surface area (Å²) in [6.45, 7) is 4.10. The van der Waals surface area contributed by atoms with Crippen molar-refractivity contribution in [2.45, 2.75) is 25.1 Å². The van der Waals surface area contributed by atoms with Gasteiger partial charge in [0.25, 0.3) is 0 Å². The number of ether oxygens (including phenoxy) is 1. The maximum atomic E-state index is 14.2. The molecule has 1 atom stereocenters. The number of carboxylic acid groups (broad SMARTS) is 2. The summed E-state index contributed by atoms with van der Waals surface area (Å²) in [6, 6.07) is 13.4. The van der Waals surface area contributed by atoms with Gasteiger partial charge in [0.1, 0.15) is 5.82 Å². The highest BCUT2D eigenvalue weighted by Gasteiger charge is 2.38. The summed E-state index contributed by atoms with van der Waals surface area (Å²) in [5.74, 6) is -3.19. The Kier molecular flexibility index (Phi) is 9.88. The lowest BCUT2D eigenvalue weighted by Crippen LogP contribution is -2.51. The van der Waals surface area contributed by atoms with Crippen molar-refractivity contribution in [3.63, 3.8) is 0 Å². The highest BCUT2D eigenvalue weighted by molar-refractivity contribution is 5.95. The predicted octanol–water partition coefficient (Wildman–Crippen LogP) is 3.93. The maximum Gasteiger partial charge on any atom is 0.490 e. The number of carboxylic acids is 2. The van der Waals surface area contributed by atoms with Gasteiger partial charge in [0.05, 0.1) is 23.9 Å². The van der Waals surface area contributed by atoms with E-state index in [0.29, 0.717) is 38.4 Å². The largest absolute Gasteiger partial charge is 0.490 e. The molecule has 0 amide bonds. The number of alkyl halides is 3. The van der Waals surface area contributed by atoms with Gasteiger partial charge < -0.3 is 30.1 Å². The van der Waals surface area contributed by atoms with Gasteiger partial charge in [-0.1, -0.05) is 12.1 Å². The number of aliphatic imine (C=N–C) groups is 1. The van der Waals surface area contributed by atoms with Crippen LogP contribution in [-0.4, -0.2) is 84.6 Å². The topological polar surface area (TPSA) is 115 Å². The standard InChI is InChI=1S/C23H27FN4O3.C2HF3O2/c24-20-5-1-2-6-21(20)27-11-13-28(14-12-27)23(25-16-19-4-3-15-31-19)26-18-9-7-17(8-10-18)22(29)30;3-2(4,5)1(6)7/h1-2,5-10,19H,3-4,11-16H2,(H,25,26)(H,29,30);(H,6,7). The minimum Gasteiger partial charge on any atom is -0.478 e. The summed E-state index contributed by atoms with van der Waals surface area (Å²) < 4.78 is 51.6. The highest BCUT2D eigenvalue weighted by atomic mass is 19.4. The van der Waals surface area contributed by atoms with E-state index in [9.17, 15) is 22.4 Å². The number of hydrogen-bond acceptors (Lipinski definition) is 5. The van der Waals surface area contributed by atoms with Crippen molar-refractivity contribution in [3.8, 4) is 0 Å². The number of carbonyl (C=O) groups is 2. The molecule has 9 nitrogen and oxygen atoms in total.